The molecule has 10 nitrogen and oxygen atoms in total. The van der Waals surface area contributed by atoms with Gasteiger partial charge in [-0.1, -0.05) is 236 Å². The maximum Gasteiger partial charge on any atom is 0.311 e. The van der Waals surface area contributed by atoms with Crippen molar-refractivity contribution in [1.82, 2.24) is 0 Å². The van der Waals surface area contributed by atoms with Crippen molar-refractivity contribution in [3.05, 3.63) is 27.8 Å². The summed E-state index contributed by atoms with van der Waals surface area (Å²) in [4.78, 5) is 91.7. The molecule has 426 valence electrons. The first-order valence-corrected chi connectivity index (χ1v) is 32.0. The van der Waals surface area contributed by atoms with Crippen molar-refractivity contribution in [2.75, 3.05) is 0 Å². The highest BCUT2D eigenvalue weighted by atomic mass is 32.2. The fraction of sp³-hybridized carbons (Fsp3) is 0.810. The van der Waals surface area contributed by atoms with Crippen LogP contribution in [0.3, 0.4) is 0 Å². The molecule has 0 spiro atoms. The van der Waals surface area contributed by atoms with Crippen LogP contribution in [0.25, 0.3) is 0 Å². The molecule has 2 unspecified atom stereocenters. The number of rotatable bonds is 49. The largest absolute Gasteiger partial charge is 0.425 e. The molecule has 1 aromatic carbocycles. The van der Waals surface area contributed by atoms with Gasteiger partial charge in [0.05, 0.1) is 11.1 Å². The molecule has 0 amide bonds. The number of Topliss-reactive ketones (excluding diaryl/α,β-unsaturated/α-hetero) is 5. The van der Waals surface area contributed by atoms with Crippen LogP contribution in [-0.2, 0) is 14.9 Å². The van der Waals surface area contributed by atoms with Crippen LogP contribution >= 0.6 is 0 Å². The third kappa shape index (κ3) is 26.8. The van der Waals surface area contributed by atoms with Gasteiger partial charge in [0.15, 0.2) is 39.9 Å². The van der Waals surface area contributed by atoms with Gasteiger partial charge in [-0.2, -0.15) is 8.42 Å². The molecular weight excluding hydrogens is 949 g/mol. The van der Waals surface area contributed by atoms with E-state index in [1.165, 1.54) is 0 Å². The molecule has 0 fully saturated rings. The maximum atomic E-state index is 15.9. The van der Waals surface area contributed by atoms with Gasteiger partial charge in [0.25, 0.3) is 10.1 Å². The molecular formula is C63H108O10S. The van der Waals surface area contributed by atoms with Crippen LogP contribution in [-0.4, -0.2) is 53.1 Å². The average Bonchev–Trinajstić information content (AvgIpc) is 3.34. The summed E-state index contributed by atoms with van der Waals surface area (Å²) in [5, 5.41) is -2.15. The zero-order valence-electron chi connectivity index (χ0n) is 48.8. The Balaban J connectivity index is 4.76. The van der Waals surface area contributed by atoms with Gasteiger partial charge in [-0.3, -0.25) is 33.3 Å². The van der Waals surface area contributed by atoms with Gasteiger partial charge in [0.1, 0.15) is 0 Å². The van der Waals surface area contributed by atoms with Crippen LogP contribution in [0.2, 0.25) is 0 Å². The number of benzene rings is 1. The molecule has 0 heterocycles. The quantitative estimate of drug-likeness (QED) is 0.0218. The van der Waals surface area contributed by atoms with Crippen molar-refractivity contribution in [3.63, 3.8) is 0 Å². The van der Waals surface area contributed by atoms with Crippen molar-refractivity contribution in [3.8, 4) is 5.75 Å². The number of hydrogen-bond donors (Lipinski definition) is 1. The summed E-state index contributed by atoms with van der Waals surface area (Å²) in [6.45, 7) is 18.2. The minimum atomic E-state index is -5.25. The van der Waals surface area contributed by atoms with Crippen LogP contribution in [0.1, 0.15) is 365 Å². The summed E-state index contributed by atoms with van der Waals surface area (Å²) in [6.07, 6.45) is 27.5. The molecule has 0 bridgehead atoms. The molecule has 74 heavy (non-hydrogen) atoms. The Labute approximate surface area is 452 Å². The normalized spacial score (nSPS) is 12.7. The molecule has 0 aliphatic heterocycles. The van der Waals surface area contributed by atoms with E-state index in [1.807, 2.05) is 13.8 Å². The van der Waals surface area contributed by atoms with Crippen LogP contribution in [0, 0.1) is 11.3 Å². The molecule has 0 saturated carbocycles. The Morgan fingerprint density at radius 1 is 0.419 bits per heavy atom. The van der Waals surface area contributed by atoms with E-state index in [2.05, 4.69) is 41.5 Å². The molecule has 0 radical (unpaired) electrons. The monoisotopic (exact) mass is 1060 g/mol. The first kappa shape index (κ1) is 69.0. The molecule has 1 rings (SSSR count). The summed E-state index contributed by atoms with van der Waals surface area (Å²) < 4.78 is 45.4. The third-order valence-electron chi connectivity index (χ3n) is 15.0. The van der Waals surface area contributed by atoms with Gasteiger partial charge in [-0.25, -0.2) is 0 Å². The van der Waals surface area contributed by atoms with E-state index in [9.17, 15) is 17.8 Å². The molecule has 1 aromatic rings. The summed E-state index contributed by atoms with van der Waals surface area (Å²) in [6, 6.07) is 0. The van der Waals surface area contributed by atoms with Crippen LogP contribution < -0.4 is 4.74 Å². The predicted octanol–water partition coefficient (Wildman–Crippen LogP) is 18.8. The van der Waals surface area contributed by atoms with Gasteiger partial charge in [0, 0.05) is 48.8 Å². The smallest absolute Gasteiger partial charge is 0.311 e. The maximum absolute atomic E-state index is 15.9. The van der Waals surface area contributed by atoms with E-state index in [4.69, 9.17) is 4.74 Å². The van der Waals surface area contributed by atoms with E-state index in [-0.39, 0.29) is 55.2 Å². The summed E-state index contributed by atoms with van der Waals surface area (Å²) >= 11 is 0. The number of carbonyl (C=O) groups is 6. The van der Waals surface area contributed by atoms with Gasteiger partial charge in [0.2, 0.25) is 0 Å². The van der Waals surface area contributed by atoms with E-state index in [0.29, 0.717) is 57.8 Å². The second-order valence-corrected chi connectivity index (χ2v) is 24.2. The highest BCUT2D eigenvalue weighted by Gasteiger charge is 2.45. The highest BCUT2D eigenvalue weighted by molar-refractivity contribution is 7.87. The summed E-state index contributed by atoms with van der Waals surface area (Å²) in [5.41, 5.74) is -2.57. The zero-order valence-corrected chi connectivity index (χ0v) is 49.6. The standard InChI is InChI=1S/C63H108O10S/c1-10-16-22-27-32-37-42-50(64)55-56(51(65)43-38-33-28-23-17-11-2)58(53(67)45-40-35-30-25-19-13-4)61(73-54(68)46-41-36-31-26-20-14-5)59(57(55)52(66)44-39-34-29-24-18-12-3)60(69)62(74(70,71)72)49(7)48-63(8,9)47-21-15-6/h49,62H,10-48H2,1-9H3,(H,70,71,72). The van der Waals surface area contributed by atoms with E-state index < -0.39 is 78.5 Å². The van der Waals surface area contributed by atoms with Crippen molar-refractivity contribution in [1.29, 1.82) is 0 Å². The SMILES string of the molecule is CCCCCCCCC(=O)Oc1c(C(=O)CCCCCCCC)c(C(=O)CCCCCCCC)c(C(=O)CCCCCCCC)c(C(=O)CCCCCCCC)c1C(=O)C(C(C)CC(C)(C)CCCC)S(=O)(=O)O. The number of ketones is 5. The third-order valence-corrected chi connectivity index (χ3v) is 16.3. The fourth-order valence-electron chi connectivity index (χ4n) is 10.7. The number of carbonyl (C=O) groups excluding carboxylic acids is 6. The Bertz CT molecular complexity index is 1910. The lowest BCUT2D eigenvalue weighted by molar-refractivity contribution is -0.134. The molecule has 0 saturated heterocycles. The van der Waals surface area contributed by atoms with Gasteiger partial charge >= 0.3 is 5.97 Å². The molecule has 1 N–H and O–H groups in total. The lowest BCUT2D eigenvalue weighted by atomic mass is 9.75. The Kier molecular flexibility index (Phi) is 37.5. The van der Waals surface area contributed by atoms with Crippen molar-refractivity contribution >= 4 is 45.0 Å². The highest BCUT2D eigenvalue weighted by Crippen LogP contribution is 2.43. The summed E-state index contributed by atoms with van der Waals surface area (Å²) in [5.74, 6) is -6.02. The van der Waals surface area contributed by atoms with Crippen molar-refractivity contribution in [2.24, 2.45) is 11.3 Å². The minimum absolute atomic E-state index is 0.0538. The molecule has 2 atom stereocenters. The van der Waals surface area contributed by atoms with Crippen LogP contribution in [0.4, 0.5) is 0 Å². The average molecular weight is 1060 g/mol. The van der Waals surface area contributed by atoms with Gasteiger partial charge in [-0.15, -0.1) is 0 Å². The number of ether oxygens (including phenoxy) is 1. The molecule has 0 aromatic heterocycles. The molecule has 11 heteroatoms. The number of esters is 1. The van der Waals surface area contributed by atoms with Crippen molar-refractivity contribution < 1.29 is 46.5 Å². The first-order valence-electron chi connectivity index (χ1n) is 30.5. The fourth-order valence-corrected chi connectivity index (χ4v) is 11.8. The topological polar surface area (TPSA) is 166 Å². The van der Waals surface area contributed by atoms with Gasteiger partial charge in [-0.05, 0) is 56.3 Å². The Hall–Kier alpha value is -3.05. The molecule has 0 aliphatic rings. The van der Waals surface area contributed by atoms with Gasteiger partial charge < -0.3 is 4.74 Å². The van der Waals surface area contributed by atoms with E-state index in [1.54, 1.807) is 6.92 Å². The van der Waals surface area contributed by atoms with E-state index >= 15 is 24.0 Å². The lowest BCUT2D eigenvalue weighted by Gasteiger charge is -2.31. The minimum Gasteiger partial charge on any atom is -0.425 e. The lowest BCUT2D eigenvalue weighted by Crippen LogP contribution is -2.40. The van der Waals surface area contributed by atoms with Crippen LogP contribution in [0.15, 0.2) is 0 Å². The van der Waals surface area contributed by atoms with Crippen molar-refractivity contribution in [2.45, 2.75) is 318 Å². The van der Waals surface area contributed by atoms with Crippen LogP contribution in [0.5, 0.6) is 5.75 Å². The number of unbranched alkanes of at least 4 members (excludes halogenated alkanes) is 26. The number of hydrogen-bond acceptors (Lipinski definition) is 9. The predicted molar refractivity (Wildman–Crippen MR) is 306 cm³/mol. The second-order valence-electron chi connectivity index (χ2n) is 22.7. The summed E-state index contributed by atoms with van der Waals surface area (Å²) in [7, 11) is -5.25. The molecule has 0 aliphatic carbocycles. The van der Waals surface area contributed by atoms with E-state index in [0.717, 1.165) is 154 Å². The Morgan fingerprint density at radius 2 is 0.703 bits per heavy atom. The first-order chi connectivity index (χ1) is 35.4. The zero-order chi connectivity index (χ0) is 55.4. The second kappa shape index (κ2) is 40.2. The Morgan fingerprint density at radius 3 is 1.04 bits per heavy atom.